The molecule has 27 heavy (non-hydrogen) atoms. The Kier molecular flexibility index (Phi) is 4.97. The maximum absolute atomic E-state index is 12.8. The summed E-state index contributed by atoms with van der Waals surface area (Å²) in [6.07, 6.45) is -0.0434. The number of hydroxylamine groups is 1. The average Bonchev–Trinajstić information content (AvgIpc) is 2.65. The number of carbonyl (C=O) groups is 2. The minimum Gasteiger partial charge on any atom is -0.369 e. The Labute approximate surface area is 153 Å². The fourth-order valence-electron chi connectivity index (χ4n) is 3.19. The fraction of sp³-hybridized carbons (Fsp3) is 0.333. The van der Waals surface area contributed by atoms with E-state index >= 15 is 0 Å². The summed E-state index contributed by atoms with van der Waals surface area (Å²) in [5.74, 6) is -0.784. The van der Waals surface area contributed by atoms with Crippen molar-refractivity contribution in [3.05, 3.63) is 53.1 Å². The van der Waals surface area contributed by atoms with Gasteiger partial charge in [-0.05, 0) is 42.2 Å². The van der Waals surface area contributed by atoms with Crippen molar-refractivity contribution in [2.45, 2.75) is 19.0 Å². The highest BCUT2D eigenvalue weighted by Crippen LogP contribution is 2.33. The van der Waals surface area contributed by atoms with Gasteiger partial charge in [0, 0.05) is 13.1 Å². The Morgan fingerprint density at radius 1 is 1.26 bits per heavy atom. The molecule has 0 radical (unpaired) electrons. The first-order valence-electron chi connectivity index (χ1n) is 8.31. The number of carbonyl (C=O) groups excluding carboxylic acids is 2. The van der Waals surface area contributed by atoms with Crippen LogP contribution in [0.2, 0.25) is 0 Å². The van der Waals surface area contributed by atoms with Gasteiger partial charge < -0.3 is 10.6 Å². The van der Waals surface area contributed by atoms with Crippen molar-refractivity contribution in [1.82, 2.24) is 4.90 Å². The fourth-order valence-corrected chi connectivity index (χ4v) is 3.19. The molecule has 3 amide bonds. The molecule has 1 aromatic carbocycles. The number of rotatable bonds is 2. The van der Waals surface area contributed by atoms with Crippen molar-refractivity contribution in [3.63, 3.8) is 0 Å². The molecule has 6 nitrogen and oxygen atoms in total. The highest BCUT2D eigenvalue weighted by Gasteiger charge is 2.33. The molecule has 144 valence electrons. The Bertz CT molecular complexity index is 833. The van der Waals surface area contributed by atoms with Crippen LogP contribution in [-0.2, 0) is 11.0 Å². The number of benzene rings is 1. The Morgan fingerprint density at radius 2 is 2.00 bits per heavy atom. The SMILES string of the molecule is NC(=O)C1C=C2CCN(C(=O)N(O)c3cccc(C(F)(F)F)c3)CC2=CC1. The second-order valence-corrected chi connectivity index (χ2v) is 6.48. The first-order valence-corrected chi connectivity index (χ1v) is 8.31. The number of amides is 3. The number of alkyl halides is 3. The summed E-state index contributed by atoms with van der Waals surface area (Å²) in [6, 6.07) is 3.11. The van der Waals surface area contributed by atoms with Crippen LogP contribution in [0.4, 0.5) is 23.7 Å². The summed E-state index contributed by atoms with van der Waals surface area (Å²) >= 11 is 0. The van der Waals surface area contributed by atoms with Crippen LogP contribution in [0.1, 0.15) is 18.4 Å². The van der Waals surface area contributed by atoms with Gasteiger partial charge in [-0.15, -0.1) is 0 Å². The van der Waals surface area contributed by atoms with E-state index < -0.39 is 23.7 Å². The number of hydrogen-bond donors (Lipinski definition) is 2. The highest BCUT2D eigenvalue weighted by atomic mass is 19.4. The van der Waals surface area contributed by atoms with Gasteiger partial charge in [-0.25, -0.2) is 4.79 Å². The first kappa shape index (κ1) is 19.0. The number of piperidine rings is 1. The molecular formula is C18H18F3N3O3. The number of likely N-dealkylation sites (tertiary alicyclic amines) is 1. The lowest BCUT2D eigenvalue weighted by atomic mass is 9.86. The van der Waals surface area contributed by atoms with Crippen molar-refractivity contribution in [2.75, 3.05) is 18.2 Å². The molecule has 1 aliphatic heterocycles. The van der Waals surface area contributed by atoms with Gasteiger partial charge in [-0.2, -0.15) is 18.2 Å². The molecule has 2 aliphatic rings. The van der Waals surface area contributed by atoms with Crippen molar-refractivity contribution in [3.8, 4) is 0 Å². The molecule has 1 aromatic rings. The van der Waals surface area contributed by atoms with Crippen LogP contribution < -0.4 is 10.8 Å². The molecule has 1 unspecified atom stereocenters. The number of allylic oxidation sites excluding steroid dienone is 1. The van der Waals surface area contributed by atoms with Crippen molar-refractivity contribution >= 4 is 17.6 Å². The van der Waals surface area contributed by atoms with Gasteiger partial charge in [0.15, 0.2) is 0 Å². The molecule has 3 N–H and O–H groups in total. The third-order valence-electron chi connectivity index (χ3n) is 4.68. The summed E-state index contributed by atoms with van der Waals surface area (Å²) in [7, 11) is 0. The lowest BCUT2D eigenvalue weighted by Gasteiger charge is -2.34. The second-order valence-electron chi connectivity index (χ2n) is 6.48. The van der Waals surface area contributed by atoms with E-state index in [2.05, 4.69) is 0 Å². The zero-order valence-electron chi connectivity index (χ0n) is 14.2. The van der Waals surface area contributed by atoms with Crippen molar-refractivity contribution < 1.29 is 28.0 Å². The van der Waals surface area contributed by atoms with Crippen LogP contribution in [0.3, 0.4) is 0 Å². The number of nitrogens with two attached hydrogens (primary N) is 1. The molecule has 9 heteroatoms. The number of primary amides is 1. The Morgan fingerprint density at radius 3 is 2.67 bits per heavy atom. The molecule has 0 aromatic heterocycles. The second kappa shape index (κ2) is 7.07. The maximum atomic E-state index is 12.8. The van der Waals surface area contributed by atoms with E-state index in [0.717, 1.165) is 23.3 Å². The number of urea groups is 1. The number of halogens is 3. The van der Waals surface area contributed by atoms with Gasteiger partial charge in [-0.1, -0.05) is 18.2 Å². The van der Waals surface area contributed by atoms with Crippen LogP contribution in [0, 0.1) is 5.92 Å². The third kappa shape index (κ3) is 3.97. The Balaban J connectivity index is 1.73. The summed E-state index contributed by atoms with van der Waals surface area (Å²) in [5.41, 5.74) is 5.88. The largest absolute Gasteiger partial charge is 0.416 e. The molecular weight excluding hydrogens is 363 g/mol. The third-order valence-corrected chi connectivity index (χ3v) is 4.68. The van der Waals surface area contributed by atoms with E-state index in [0.29, 0.717) is 18.9 Å². The zero-order chi connectivity index (χ0) is 19.8. The van der Waals surface area contributed by atoms with E-state index in [4.69, 9.17) is 5.73 Å². The summed E-state index contributed by atoms with van der Waals surface area (Å²) in [5, 5.41) is 10.3. The van der Waals surface area contributed by atoms with Gasteiger partial charge >= 0.3 is 12.2 Å². The number of fused-ring (bicyclic) bond motifs is 1. The summed E-state index contributed by atoms with van der Waals surface area (Å²) in [6.45, 7) is 0.468. The molecule has 0 saturated carbocycles. The van der Waals surface area contributed by atoms with Crippen LogP contribution >= 0.6 is 0 Å². The molecule has 0 spiro atoms. The van der Waals surface area contributed by atoms with Crippen molar-refractivity contribution in [2.24, 2.45) is 11.7 Å². The normalized spacial score (nSPS) is 19.7. The van der Waals surface area contributed by atoms with E-state index in [-0.39, 0.29) is 29.8 Å². The molecule has 1 heterocycles. The lowest BCUT2D eigenvalue weighted by molar-refractivity contribution is -0.137. The first-order chi connectivity index (χ1) is 12.7. The highest BCUT2D eigenvalue weighted by molar-refractivity contribution is 5.90. The van der Waals surface area contributed by atoms with Crippen LogP contribution in [0.25, 0.3) is 0 Å². The predicted octanol–water partition coefficient (Wildman–Crippen LogP) is 3.08. The molecule has 1 aliphatic carbocycles. The predicted molar refractivity (Wildman–Crippen MR) is 90.8 cm³/mol. The molecule has 1 atom stereocenters. The minimum absolute atomic E-state index is 0.201. The topological polar surface area (TPSA) is 86.9 Å². The van der Waals surface area contributed by atoms with Gasteiger partial charge in [0.2, 0.25) is 5.91 Å². The van der Waals surface area contributed by atoms with Gasteiger partial charge in [-0.3, -0.25) is 10.0 Å². The summed E-state index contributed by atoms with van der Waals surface area (Å²) in [4.78, 5) is 25.2. The van der Waals surface area contributed by atoms with E-state index in [1.54, 1.807) is 6.08 Å². The van der Waals surface area contributed by atoms with Crippen molar-refractivity contribution in [1.29, 1.82) is 0 Å². The molecule has 1 saturated heterocycles. The van der Waals surface area contributed by atoms with E-state index in [9.17, 15) is 28.0 Å². The smallest absolute Gasteiger partial charge is 0.369 e. The zero-order valence-corrected chi connectivity index (χ0v) is 14.2. The number of nitrogens with zero attached hydrogens (tertiary/aromatic N) is 2. The van der Waals surface area contributed by atoms with Crippen LogP contribution in [-0.4, -0.2) is 35.1 Å². The Hall–Kier alpha value is -2.81. The van der Waals surface area contributed by atoms with E-state index in [1.807, 2.05) is 6.08 Å². The van der Waals surface area contributed by atoms with Gasteiger partial charge in [0.05, 0.1) is 17.2 Å². The summed E-state index contributed by atoms with van der Waals surface area (Å²) < 4.78 is 38.5. The number of anilines is 1. The molecule has 3 rings (SSSR count). The number of hydrogen-bond acceptors (Lipinski definition) is 3. The lowest BCUT2D eigenvalue weighted by Crippen LogP contribution is -2.45. The van der Waals surface area contributed by atoms with E-state index in [1.165, 1.54) is 11.0 Å². The van der Waals surface area contributed by atoms with Crippen LogP contribution in [0.5, 0.6) is 0 Å². The minimum atomic E-state index is -4.57. The molecule has 0 bridgehead atoms. The molecule has 1 fully saturated rings. The quantitative estimate of drug-likeness (QED) is 0.610. The maximum Gasteiger partial charge on any atom is 0.416 e. The van der Waals surface area contributed by atoms with Gasteiger partial charge in [0.1, 0.15) is 0 Å². The van der Waals surface area contributed by atoms with Crippen LogP contribution in [0.15, 0.2) is 47.6 Å². The average molecular weight is 381 g/mol. The standard InChI is InChI=1S/C18H18F3N3O3/c19-18(20,21)14-2-1-3-15(9-14)24(27)17(26)23-7-6-11-8-12(16(22)25)4-5-13(11)10-23/h1-3,5,8-9,12,27H,4,6-7,10H2,(H2,22,25). The monoisotopic (exact) mass is 381 g/mol. The van der Waals surface area contributed by atoms with Gasteiger partial charge in [0.25, 0.3) is 0 Å².